The minimum absolute atomic E-state index is 0.280. The zero-order valence-electron chi connectivity index (χ0n) is 10.2. The lowest BCUT2D eigenvalue weighted by Crippen LogP contribution is -2.32. The number of carbonyl (C=O) groups is 1. The first-order valence-electron chi connectivity index (χ1n) is 5.66. The third-order valence-corrected chi connectivity index (χ3v) is 2.43. The van der Waals surface area contributed by atoms with Crippen LogP contribution in [0.2, 0.25) is 0 Å². The number of anilines is 1. The standard InChI is InChI=1S/C13H16F2N2O/c1-3-5-17(6-4-2)13(18)10-7-9(14)8-11(16)12(10)15/h3,7-8H,1,4-6,16H2,2H3. The van der Waals surface area contributed by atoms with Crippen LogP contribution >= 0.6 is 0 Å². The predicted molar refractivity (Wildman–Crippen MR) is 67.2 cm³/mol. The number of rotatable bonds is 5. The summed E-state index contributed by atoms with van der Waals surface area (Å²) >= 11 is 0. The fraction of sp³-hybridized carbons (Fsp3) is 0.308. The molecule has 0 unspecified atom stereocenters. The summed E-state index contributed by atoms with van der Waals surface area (Å²) in [6, 6.07) is 1.71. The molecule has 98 valence electrons. The van der Waals surface area contributed by atoms with E-state index in [1.54, 1.807) is 0 Å². The van der Waals surface area contributed by atoms with Crippen molar-refractivity contribution < 1.29 is 13.6 Å². The van der Waals surface area contributed by atoms with Crippen molar-refractivity contribution in [2.24, 2.45) is 0 Å². The second-order valence-corrected chi connectivity index (χ2v) is 3.90. The van der Waals surface area contributed by atoms with E-state index in [4.69, 9.17) is 5.73 Å². The van der Waals surface area contributed by atoms with Gasteiger partial charge in [0.15, 0.2) is 5.82 Å². The molecule has 0 spiro atoms. The van der Waals surface area contributed by atoms with E-state index in [0.29, 0.717) is 13.0 Å². The van der Waals surface area contributed by atoms with E-state index in [9.17, 15) is 13.6 Å². The molecule has 0 aliphatic rings. The quantitative estimate of drug-likeness (QED) is 0.648. The highest BCUT2D eigenvalue weighted by atomic mass is 19.1. The molecule has 0 saturated carbocycles. The van der Waals surface area contributed by atoms with Gasteiger partial charge in [0.1, 0.15) is 5.82 Å². The summed E-state index contributed by atoms with van der Waals surface area (Å²) in [7, 11) is 0. The van der Waals surface area contributed by atoms with Gasteiger partial charge in [-0.2, -0.15) is 0 Å². The number of nitrogens with two attached hydrogens (primary N) is 1. The van der Waals surface area contributed by atoms with Crippen molar-refractivity contribution in [3.63, 3.8) is 0 Å². The average Bonchev–Trinajstić information content (AvgIpc) is 2.32. The van der Waals surface area contributed by atoms with Crippen LogP contribution in [0.3, 0.4) is 0 Å². The maximum atomic E-state index is 13.7. The Morgan fingerprint density at radius 3 is 2.72 bits per heavy atom. The van der Waals surface area contributed by atoms with Crippen LogP contribution in [0.1, 0.15) is 23.7 Å². The van der Waals surface area contributed by atoms with Gasteiger partial charge in [0.25, 0.3) is 5.91 Å². The van der Waals surface area contributed by atoms with Crippen LogP contribution in [-0.4, -0.2) is 23.9 Å². The van der Waals surface area contributed by atoms with Crippen molar-refractivity contribution in [3.05, 3.63) is 42.0 Å². The van der Waals surface area contributed by atoms with Crippen LogP contribution in [0.4, 0.5) is 14.5 Å². The minimum atomic E-state index is -0.883. The Labute approximate surface area is 105 Å². The van der Waals surface area contributed by atoms with E-state index in [-0.39, 0.29) is 17.8 Å². The summed E-state index contributed by atoms with van der Waals surface area (Å²) in [6.07, 6.45) is 2.25. The van der Waals surface area contributed by atoms with Gasteiger partial charge in [0.05, 0.1) is 11.3 Å². The number of hydrogen-bond donors (Lipinski definition) is 1. The molecule has 18 heavy (non-hydrogen) atoms. The number of amides is 1. The van der Waals surface area contributed by atoms with E-state index >= 15 is 0 Å². The molecular formula is C13H16F2N2O. The summed E-state index contributed by atoms with van der Waals surface area (Å²) in [5.41, 5.74) is 4.59. The average molecular weight is 254 g/mol. The molecule has 5 heteroatoms. The Morgan fingerprint density at radius 1 is 1.50 bits per heavy atom. The minimum Gasteiger partial charge on any atom is -0.396 e. The molecule has 0 saturated heterocycles. The highest BCUT2D eigenvalue weighted by Crippen LogP contribution is 2.19. The smallest absolute Gasteiger partial charge is 0.257 e. The Balaban J connectivity index is 3.11. The molecule has 0 aliphatic carbocycles. The Morgan fingerprint density at radius 2 is 2.17 bits per heavy atom. The van der Waals surface area contributed by atoms with Gasteiger partial charge in [-0.1, -0.05) is 13.0 Å². The molecule has 0 fully saturated rings. The number of nitrogen functional groups attached to an aromatic ring is 1. The largest absolute Gasteiger partial charge is 0.396 e. The Kier molecular flexibility index (Phi) is 4.83. The number of benzene rings is 1. The molecule has 0 bridgehead atoms. The van der Waals surface area contributed by atoms with E-state index < -0.39 is 17.5 Å². The topological polar surface area (TPSA) is 46.3 Å². The number of hydrogen-bond acceptors (Lipinski definition) is 2. The maximum Gasteiger partial charge on any atom is 0.257 e. The van der Waals surface area contributed by atoms with Crippen LogP contribution in [0.5, 0.6) is 0 Å². The van der Waals surface area contributed by atoms with Crippen molar-refractivity contribution in [2.75, 3.05) is 18.8 Å². The number of carbonyl (C=O) groups excluding carboxylic acids is 1. The summed E-state index contributed by atoms with van der Waals surface area (Å²) < 4.78 is 26.9. The van der Waals surface area contributed by atoms with Crippen LogP contribution in [0.15, 0.2) is 24.8 Å². The zero-order chi connectivity index (χ0) is 13.7. The predicted octanol–water partition coefficient (Wildman–Crippen LogP) is 2.59. The lowest BCUT2D eigenvalue weighted by atomic mass is 10.1. The van der Waals surface area contributed by atoms with Gasteiger partial charge in [-0.05, 0) is 18.6 Å². The van der Waals surface area contributed by atoms with Crippen LogP contribution in [-0.2, 0) is 0 Å². The maximum absolute atomic E-state index is 13.7. The summed E-state index contributed by atoms with van der Waals surface area (Å²) in [5, 5.41) is 0. The molecule has 0 radical (unpaired) electrons. The van der Waals surface area contributed by atoms with Gasteiger partial charge in [0.2, 0.25) is 0 Å². The second kappa shape index (κ2) is 6.14. The summed E-state index contributed by atoms with van der Waals surface area (Å²) in [4.78, 5) is 13.5. The van der Waals surface area contributed by atoms with E-state index in [1.807, 2.05) is 6.92 Å². The first-order chi connectivity index (χ1) is 8.51. The molecule has 1 aromatic rings. The van der Waals surface area contributed by atoms with Gasteiger partial charge < -0.3 is 10.6 Å². The van der Waals surface area contributed by atoms with Gasteiger partial charge >= 0.3 is 0 Å². The van der Waals surface area contributed by atoms with Gasteiger partial charge in [0, 0.05) is 13.1 Å². The summed E-state index contributed by atoms with van der Waals surface area (Å²) in [6.45, 7) is 6.14. The molecule has 1 rings (SSSR count). The van der Waals surface area contributed by atoms with E-state index in [1.165, 1.54) is 11.0 Å². The highest BCUT2D eigenvalue weighted by molar-refractivity contribution is 5.95. The summed E-state index contributed by atoms with van der Waals surface area (Å²) in [5.74, 6) is -2.20. The van der Waals surface area contributed by atoms with Crippen LogP contribution in [0.25, 0.3) is 0 Å². The van der Waals surface area contributed by atoms with Gasteiger partial charge in [-0.3, -0.25) is 4.79 Å². The van der Waals surface area contributed by atoms with E-state index in [2.05, 4.69) is 6.58 Å². The molecule has 0 aromatic heterocycles. The molecule has 0 heterocycles. The lowest BCUT2D eigenvalue weighted by molar-refractivity contribution is 0.0769. The normalized spacial score (nSPS) is 10.2. The van der Waals surface area contributed by atoms with Crippen LogP contribution in [0, 0.1) is 11.6 Å². The molecule has 3 nitrogen and oxygen atoms in total. The van der Waals surface area contributed by atoms with Gasteiger partial charge in [-0.25, -0.2) is 8.78 Å². The first kappa shape index (κ1) is 14.2. The Bertz CT molecular complexity index is 461. The SMILES string of the molecule is C=CCN(CCC)C(=O)c1cc(F)cc(N)c1F. The van der Waals surface area contributed by atoms with Crippen molar-refractivity contribution >= 4 is 11.6 Å². The fourth-order valence-corrected chi connectivity index (χ4v) is 1.64. The van der Waals surface area contributed by atoms with Crippen molar-refractivity contribution in [1.29, 1.82) is 0 Å². The van der Waals surface area contributed by atoms with E-state index in [0.717, 1.165) is 12.1 Å². The fourth-order valence-electron chi connectivity index (χ4n) is 1.64. The third kappa shape index (κ3) is 3.06. The lowest BCUT2D eigenvalue weighted by Gasteiger charge is -2.21. The molecule has 0 aliphatic heterocycles. The van der Waals surface area contributed by atoms with Crippen molar-refractivity contribution in [3.8, 4) is 0 Å². The number of nitrogens with zero attached hydrogens (tertiary/aromatic N) is 1. The molecule has 0 atom stereocenters. The highest BCUT2D eigenvalue weighted by Gasteiger charge is 2.20. The Hall–Kier alpha value is -1.91. The zero-order valence-corrected chi connectivity index (χ0v) is 10.2. The molecule has 1 aromatic carbocycles. The van der Waals surface area contributed by atoms with Crippen molar-refractivity contribution in [1.82, 2.24) is 4.90 Å². The van der Waals surface area contributed by atoms with Crippen molar-refractivity contribution in [2.45, 2.75) is 13.3 Å². The van der Waals surface area contributed by atoms with Gasteiger partial charge in [-0.15, -0.1) is 6.58 Å². The second-order valence-electron chi connectivity index (χ2n) is 3.90. The molecule has 2 N–H and O–H groups in total. The first-order valence-corrected chi connectivity index (χ1v) is 5.66. The molecular weight excluding hydrogens is 238 g/mol. The molecule has 1 amide bonds. The monoisotopic (exact) mass is 254 g/mol. The third-order valence-electron chi connectivity index (χ3n) is 2.43. The number of halogens is 2. The van der Waals surface area contributed by atoms with Crippen LogP contribution < -0.4 is 5.73 Å².